The molecule has 1 aliphatic heterocycles. The van der Waals surface area contributed by atoms with Crippen molar-refractivity contribution in [1.82, 2.24) is 5.32 Å². The van der Waals surface area contributed by atoms with Gasteiger partial charge in [-0.25, -0.2) is 9.69 Å². The van der Waals surface area contributed by atoms with Crippen molar-refractivity contribution in [3.8, 4) is 17.2 Å². The fourth-order valence-corrected chi connectivity index (χ4v) is 3.25. The molecule has 1 fully saturated rings. The normalized spacial score (nSPS) is 15.3. The van der Waals surface area contributed by atoms with Gasteiger partial charge >= 0.3 is 6.03 Å². The van der Waals surface area contributed by atoms with Gasteiger partial charge in [0, 0.05) is 11.6 Å². The van der Waals surface area contributed by atoms with Gasteiger partial charge in [-0.15, -0.1) is 0 Å². The van der Waals surface area contributed by atoms with E-state index in [-0.39, 0.29) is 5.57 Å². The van der Waals surface area contributed by atoms with Gasteiger partial charge in [-0.1, -0.05) is 17.7 Å². The lowest BCUT2D eigenvalue weighted by atomic mass is 10.0. The maximum Gasteiger partial charge on any atom is 0.335 e. The fraction of sp³-hybridized carbons (Fsp3) is 0.227. The number of urea groups is 1. The van der Waals surface area contributed by atoms with E-state index in [9.17, 15) is 14.4 Å². The van der Waals surface area contributed by atoms with Crippen molar-refractivity contribution in [3.63, 3.8) is 0 Å². The highest BCUT2D eigenvalue weighted by Gasteiger charge is 2.37. The Bertz CT molecular complexity index is 1070. The Hall–Kier alpha value is -3.81. The largest absolute Gasteiger partial charge is 0.496 e. The molecule has 2 aromatic rings. The summed E-state index contributed by atoms with van der Waals surface area (Å²) in [4.78, 5) is 39.0. The molecular weight excluding hydrogens is 388 g/mol. The van der Waals surface area contributed by atoms with Crippen LogP contribution in [0.2, 0.25) is 0 Å². The van der Waals surface area contributed by atoms with Gasteiger partial charge in [-0.05, 0) is 37.6 Å². The van der Waals surface area contributed by atoms with Crippen LogP contribution in [0.4, 0.5) is 10.5 Å². The molecule has 0 bridgehead atoms. The summed E-state index contributed by atoms with van der Waals surface area (Å²) < 4.78 is 15.9. The standard InChI is InChI=1S/C22H22N2O6/c1-12-6-7-16(13(2)8-12)24-21(26)15(20(25)23-22(24)27)9-14-10-18(29-4)19(30-5)11-17(14)28-3/h6-11H,1-5H3,(H,23,25,27). The van der Waals surface area contributed by atoms with Crippen LogP contribution in [0, 0.1) is 13.8 Å². The minimum Gasteiger partial charge on any atom is -0.496 e. The van der Waals surface area contributed by atoms with E-state index in [4.69, 9.17) is 14.2 Å². The van der Waals surface area contributed by atoms with E-state index in [0.29, 0.717) is 28.5 Å². The van der Waals surface area contributed by atoms with E-state index in [1.54, 1.807) is 31.2 Å². The number of rotatable bonds is 5. The smallest absolute Gasteiger partial charge is 0.335 e. The Labute approximate surface area is 174 Å². The summed E-state index contributed by atoms with van der Waals surface area (Å²) in [5.41, 5.74) is 2.34. The highest BCUT2D eigenvalue weighted by Crippen LogP contribution is 2.36. The van der Waals surface area contributed by atoms with Gasteiger partial charge in [-0.2, -0.15) is 0 Å². The van der Waals surface area contributed by atoms with Gasteiger partial charge in [0.25, 0.3) is 11.8 Å². The van der Waals surface area contributed by atoms with E-state index >= 15 is 0 Å². The molecule has 0 atom stereocenters. The van der Waals surface area contributed by atoms with E-state index in [2.05, 4.69) is 5.32 Å². The lowest BCUT2D eigenvalue weighted by molar-refractivity contribution is -0.122. The number of carbonyl (C=O) groups is 3. The van der Waals surface area contributed by atoms with Crippen LogP contribution in [0.3, 0.4) is 0 Å². The van der Waals surface area contributed by atoms with Crippen LogP contribution in [0.15, 0.2) is 35.9 Å². The molecule has 2 aromatic carbocycles. The average molecular weight is 410 g/mol. The van der Waals surface area contributed by atoms with Crippen LogP contribution in [0.1, 0.15) is 16.7 Å². The first kappa shape index (κ1) is 20.9. The molecule has 0 radical (unpaired) electrons. The summed E-state index contributed by atoms with van der Waals surface area (Å²) in [6, 6.07) is 7.69. The predicted molar refractivity (Wildman–Crippen MR) is 111 cm³/mol. The zero-order chi connectivity index (χ0) is 22.0. The van der Waals surface area contributed by atoms with Crippen molar-refractivity contribution in [2.75, 3.05) is 26.2 Å². The summed E-state index contributed by atoms with van der Waals surface area (Å²) in [5, 5.41) is 2.22. The zero-order valence-corrected chi connectivity index (χ0v) is 17.4. The Kier molecular flexibility index (Phi) is 5.77. The lowest BCUT2D eigenvalue weighted by Crippen LogP contribution is -2.54. The number of nitrogens with zero attached hydrogens (tertiary/aromatic N) is 1. The SMILES string of the molecule is COc1cc(OC)c(OC)cc1C=C1C(=O)NC(=O)N(c2ccc(C)cc2C)C1=O. The minimum absolute atomic E-state index is 0.208. The van der Waals surface area contributed by atoms with Crippen LogP contribution in [0.25, 0.3) is 6.08 Å². The molecule has 1 saturated heterocycles. The second-order valence-electron chi connectivity index (χ2n) is 6.70. The van der Waals surface area contributed by atoms with Crippen molar-refractivity contribution < 1.29 is 28.6 Å². The number of barbiturate groups is 1. The van der Waals surface area contributed by atoms with Gasteiger partial charge in [-0.3, -0.25) is 14.9 Å². The van der Waals surface area contributed by atoms with Gasteiger partial charge in [0.15, 0.2) is 11.5 Å². The molecule has 8 heteroatoms. The third-order valence-electron chi connectivity index (χ3n) is 4.73. The number of hydrogen-bond acceptors (Lipinski definition) is 6. The van der Waals surface area contributed by atoms with Crippen molar-refractivity contribution >= 4 is 29.6 Å². The lowest BCUT2D eigenvalue weighted by Gasteiger charge is -2.27. The first-order valence-corrected chi connectivity index (χ1v) is 9.09. The molecule has 1 N–H and O–H groups in total. The monoisotopic (exact) mass is 410 g/mol. The van der Waals surface area contributed by atoms with Crippen LogP contribution >= 0.6 is 0 Å². The average Bonchev–Trinajstić information content (AvgIpc) is 2.71. The first-order valence-electron chi connectivity index (χ1n) is 9.09. The Morgan fingerprint density at radius 3 is 2.10 bits per heavy atom. The van der Waals surface area contributed by atoms with Gasteiger partial charge in [0.1, 0.15) is 11.3 Å². The van der Waals surface area contributed by atoms with Crippen LogP contribution < -0.4 is 24.4 Å². The Morgan fingerprint density at radius 1 is 0.867 bits per heavy atom. The topological polar surface area (TPSA) is 94.2 Å². The summed E-state index contributed by atoms with van der Waals surface area (Å²) in [7, 11) is 4.42. The number of amides is 4. The summed E-state index contributed by atoms with van der Waals surface area (Å²) in [5.74, 6) is -0.315. The molecule has 1 aliphatic rings. The van der Waals surface area contributed by atoms with E-state index in [0.717, 1.165) is 16.0 Å². The molecule has 0 saturated carbocycles. The molecule has 30 heavy (non-hydrogen) atoms. The second kappa shape index (κ2) is 8.28. The maximum atomic E-state index is 13.1. The number of nitrogens with one attached hydrogen (secondary N) is 1. The molecule has 4 amide bonds. The molecule has 8 nitrogen and oxygen atoms in total. The fourth-order valence-electron chi connectivity index (χ4n) is 3.25. The van der Waals surface area contributed by atoms with Gasteiger partial charge in [0.2, 0.25) is 0 Å². The molecular formula is C22H22N2O6. The van der Waals surface area contributed by atoms with Crippen LogP contribution in [-0.2, 0) is 9.59 Å². The molecule has 3 rings (SSSR count). The predicted octanol–water partition coefficient (Wildman–Crippen LogP) is 3.00. The molecule has 0 aromatic heterocycles. The number of benzene rings is 2. The molecule has 0 aliphatic carbocycles. The third kappa shape index (κ3) is 3.71. The quantitative estimate of drug-likeness (QED) is 0.602. The first-order chi connectivity index (χ1) is 14.3. The number of anilines is 1. The summed E-state index contributed by atoms with van der Waals surface area (Å²) >= 11 is 0. The molecule has 0 unspecified atom stereocenters. The minimum atomic E-state index is -0.798. The molecule has 0 spiro atoms. The van der Waals surface area contributed by atoms with Gasteiger partial charge < -0.3 is 14.2 Å². The Morgan fingerprint density at radius 2 is 1.50 bits per heavy atom. The van der Waals surface area contributed by atoms with E-state index in [1.165, 1.54) is 27.4 Å². The van der Waals surface area contributed by atoms with Crippen molar-refractivity contribution in [2.24, 2.45) is 0 Å². The summed E-state index contributed by atoms with van der Waals surface area (Å²) in [6.45, 7) is 3.70. The third-order valence-corrected chi connectivity index (χ3v) is 4.73. The second-order valence-corrected chi connectivity index (χ2v) is 6.70. The number of methoxy groups -OCH3 is 3. The van der Waals surface area contributed by atoms with Crippen LogP contribution in [0.5, 0.6) is 17.2 Å². The van der Waals surface area contributed by atoms with E-state index < -0.39 is 17.8 Å². The van der Waals surface area contributed by atoms with Crippen molar-refractivity contribution in [2.45, 2.75) is 13.8 Å². The molecule has 1 heterocycles. The zero-order valence-electron chi connectivity index (χ0n) is 17.4. The highest BCUT2D eigenvalue weighted by molar-refractivity contribution is 6.39. The Balaban J connectivity index is 2.11. The summed E-state index contributed by atoms with van der Waals surface area (Å²) in [6.07, 6.45) is 1.36. The van der Waals surface area contributed by atoms with E-state index in [1.807, 2.05) is 13.0 Å². The number of imide groups is 2. The van der Waals surface area contributed by atoms with Crippen molar-refractivity contribution in [3.05, 3.63) is 52.6 Å². The van der Waals surface area contributed by atoms with Crippen molar-refractivity contribution in [1.29, 1.82) is 0 Å². The van der Waals surface area contributed by atoms with Gasteiger partial charge in [0.05, 0.1) is 27.0 Å². The maximum absolute atomic E-state index is 13.1. The highest BCUT2D eigenvalue weighted by atomic mass is 16.5. The number of aryl methyl sites for hydroxylation is 2. The molecule has 156 valence electrons. The number of ether oxygens (including phenoxy) is 3. The van der Waals surface area contributed by atoms with Crippen LogP contribution in [-0.4, -0.2) is 39.2 Å². The number of hydrogen-bond donors (Lipinski definition) is 1. The number of carbonyl (C=O) groups excluding carboxylic acids is 3.